The third kappa shape index (κ3) is 1.95. The van der Waals surface area contributed by atoms with Crippen molar-refractivity contribution in [3.63, 3.8) is 0 Å². The fraction of sp³-hybridized carbons (Fsp3) is 0.167. The second kappa shape index (κ2) is 3.82. The maximum atomic E-state index is 12.3. The highest BCUT2D eigenvalue weighted by Crippen LogP contribution is 2.33. The van der Waals surface area contributed by atoms with Gasteiger partial charge in [-0.2, -0.15) is 0 Å². The van der Waals surface area contributed by atoms with Crippen LogP contribution in [0.3, 0.4) is 0 Å². The van der Waals surface area contributed by atoms with Crippen LogP contribution in [0.25, 0.3) is 0 Å². The molecular formula is C6H4BrF2N3O2. The fourth-order valence-corrected chi connectivity index (χ4v) is 1.33. The lowest BCUT2D eigenvalue weighted by Gasteiger charge is -2.03. The Bertz CT molecular complexity index is 386. The van der Waals surface area contributed by atoms with Gasteiger partial charge in [0.1, 0.15) is 10.3 Å². The van der Waals surface area contributed by atoms with Crippen molar-refractivity contribution < 1.29 is 13.7 Å². The number of nitrogens with two attached hydrogens (primary N) is 1. The summed E-state index contributed by atoms with van der Waals surface area (Å²) in [6.07, 6.45) is -3.03. The average Bonchev–Trinajstić information content (AvgIpc) is 2.01. The minimum atomic E-state index is -3.03. The molecule has 1 heterocycles. The van der Waals surface area contributed by atoms with Gasteiger partial charge in [0.2, 0.25) is 0 Å². The number of halogens is 3. The minimum Gasteiger partial charge on any atom is -0.393 e. The van der Waals surface area contributed by atoms with E-state index in [-0.39, 0.29) is 10.3 Å². The Kier molecular flexibility index (Phi) is 2.94. The van der Waals surface area contributed by atoms with Crippen LogP contribution < -0.4 is 5.73 Å². The first-order valence-electron chi connectivity index (χ1n) is 3.32. The molecule has 0 fully saturated rings. The molecule has 0 radical (unpaired) electrons. The van der Waals surface area contributed by atoms with Gasteiger partial charge < -0.3 is 5.73 Å². The Labute approximate surface area is 85.2 Å². The van der Waals surface area contributed by atoms with Crippen LogP contribution in [0, 0.1) is 10.1 Å². The van der Waals surface area contributed by atoms with E-state index in [4.69, 9.17) is 5.73 Å². The topological polar surface area (TPSA) is 82.0 Å². The number of rotatable bonds is 2. The largest absolute Gasteiger partial charge is 0.393 e. The lowest BCUT2D eigenvalue weighted by molar-refractivity contribution is -0.385. The van der Waals surface area contributed by atoms with Crippen LogP contribution in [-0.2, 0) is 0 Å². The molecular weight excluding hydrogens is 264 g/mol. The zero-order valence-corrected chi connectivity index (χ0v) is 8.16. The maximum Gasteiger partial charge on any atom is 0.319 e. The van der Waals surface area contributed by atoms with Crippen LogP contribution in [0.1, 0.15) is 12.1 Å². The molecule has 0 amide bonds. The quantitative estimate of drug-likeness (QED) is 0.506. The van der Waals surface area contributed by atoms with Crippen LogP contribution >= 0.6 is 15.9 Å². The third-order valence-corrected chi connectivity index (χ3v) is 1.81. The molecule has 1 aromatic heterocycles. The molecule has 0 aromatic carbocycles. The first-order chi connectivity index (χ1) is 6.43. The van der Waals surface area contributed by atoms with Gasteiger partial charge in [-0.15, -0.1) is 0 Å². The molecule has 14 heavy (non-hydrogen) atoms. The first-order valence-corrected chi connectivity index (χ1v) is 4.11. The molecule has 1 aromatic rings. The Hall–Kier alpha value is -1.31. The summed E-state index contributed by atoms with van der Waals surface area (Å²) in [5.41, 5.74) is 3.10. The van der Waals surface area contributed by atoms with Gasteiger partial charge >= 0.3 is 5.69 Å². The predicted octanol–water partition coefficient (Wildman–Crippen LogP) is 2.27. The molecule has 0 atom stereocenters. The van der Waals surface area contributed by atoms with Gasteiger partial charge in [-0.25, -0.2) is 13.8 Å². The Morgan fingerprint density at radius 2 is 2.21 bits per heavy atom. The highest BCUT2D eigenvalue weighted by Gasteiger charge is 2.27. The number of nitrogen functional groups attached to an aromatic ring is 1. The van der Waals surface area contributed by atoms with Gasteiger partial charge in [-0.3, -0.25) is 10.1 Å². The summed E-state index contributed by atoms with van der Waals surface area (Å²) in [5, 5.41) is 10.4. The van der Waals surface area contributed by atoms with Gasteiger partial charge in [-0.05, 0) is 15.9 Å². The zero-order valence-electron chi connectivity index (χ0n) is 6.58. The first kappa shape index (κ1) is 10.8. The number of nitro groups is 1. The van der Waals surface area contributed by atoms with Crippen molar-refractivity contribution in [2.75, 3.05) is 5.73 Å². The van der Waals surface area contributed by atoms with E-state index in [1.54, 1.807) is 0 Å². The van der Waals surface area contributed by atoms with Crippen molar-refractivity contribution in [3.05, 3.63) is 26.5 Å². The third-order valence-electron chi connectivity index (χ3n) is 1.41. The van der Waals surface area contributed by atoms with E-state index in [0.29, 0.717) is 0 Å². The molecule has 0 aliphatic heterocycles. The molecule has 1 rings (SSSR count). The van der Waals surface area contributed by atoms with E-state index in [0.717, 1.165) is 6.07 Å². The summed E-state index contributed by atoms with van der Waals surface area (Å²) >= 11 is 2.82. The number of anilines is 1. The molecule has 0 aliphatic rings. The summed E-state index contributed by atoms with van der Waals surface area (Å²) in [4.78, 5) is 12.7. The van der Waals surface area contributed by atoms with E-state index in [2.05, 4.69) is 20.9 Å². The lowest BCUT2D eigenvalue weighted by atomic mass is 10.2. The standard InChI is InChI=1S/C6H4BrF2N3O2/c7-3-1-2(10)5(12(13)14)4(11-3)6(8)9/h1,6H,(H2,10,11). The minimum absolute atomic E-state index is 0.0379. The molecule has 0 unspecified atom stereocenters. The second-order valence-corrected chi connectivity index (χ2v) is 3.14. The van der Waals surface area contributed by atoms with Crippen LogP contribution in [0.4, 0.5) is 20.2 Å². The van der Waals surface area contributed by atoms with Crippen molar-refractivity contribution in [2.24, 2.45) is 0 Å². The summed E-state index contributed by atoms with van der Waals surface area (Å²) < 4.78 is 24.6. The molecule has 0 spiro atoms. The monoisotopic (exact) mass is 267 g/mol. The summed E-state index contributed by atoms with van der Waals surface area (Å²) in [7, 11) is 0. The molecule has 76 valence electrons. The van der Waals surface area contributed by atoms with Crippen molar-refractivity contribution in [3.8, 4) is 0 Å². The molecule has 5 nitrogen and oxygen atoms in total. The number of pyridine rings is 1. The molecule has 0 bridgehead atoms. The highest BCUT2D eigenvalue weighted by atomic mass is 79.9. The average molecular weight is 268 g/mol. The van der Waals surface area contributed by atoms with Crippen molar-refractivity contribution in [1.29, 1.82) is 0 Å². The van der Waals surface area contributed by atoms with Crippen LogP contribution in [-0.4, -0.2) is 9.91 Å². The lowest BCUT2D eigenvalue weighted by Crippen LogP contribution is -2.03. The van der Waals surface area contributed by atoms with Crippen molar-refractivity contribution in [2.45, 2.75) is 6.43 Å². The fourth-order valence-electron chi connectivity index (χ4n) is 0.896. The normalized spacial score (nSPS) is 10.6. The van der Waals surface area contributed by atoms with E-state index in [1.165, 1.54) is 0 Å². The SMILES string of the molecule is Nc1cc(Br)nc(C(F)F)c1[N+](=O)[O-]. The number of nitrogens with zero attached hydrogens (tertiary/aromatic N) is 2. The number of hydrogen-bond donors (Lipinski definition) is 1. The van der Waals surface area contributed by atoms with E-state index in [9.17, 15) is 18.9 Å². The Balaban J connectivity index is 3.44. The van der Waals surface area contributed by atoms with Crippen LogP contribution in [0.5, 0.6) is 0 Å². The smallest absolute Gasteiger partial charge is 0.319 e. The van der Waals surface area contributed by atoms with E-state index < -0.39 is 22.7 Å². The van der Waals surface area contributed by atoms with Crippen LogP contribution in [0.15, 0.2) is 10.7 Å². The maximum absolute atomic E-state index is 12.3. The van der Waals surface area contributed by atoms with Gasteiger partial charge in [-0.1, -0.05) is 0 Å². The Morgan fingerprint density at radius 1 is 1.64 bits per heavy atom. The summed E-state index contributed by atoms with van der Waals surface area (Å²) in [6.45, 7) is 0. The van der Waals surface area contributed by atoms with Gasteiger partial charge in [0.05, 0.1) is 4.92 Å². The van der Waals surface area contributed by atoms with Gasteiger partial charge in [0.15, 0.2) is 5.69 Å². The Morgan fingerprint density at radius 3 is 2.64 bits per heavy atom. The molecule has 0 saturated carbocycles. The van der Waals surface area contributed by atoms with Crippen molar-refractivity contribution >= 4 is 27.3 Å². The molecule has 8 heteroatoms. The van der Waals surface area contributed by atoms with Crippen LogP contribution in [0.2, 0.25) is 0 Å². The van der Waals surface area contributed by atoms with E-state index >= 15 is 0 Å². The molecule has 2 N–H and O–H groups in total. The zero-order chi connectivity index (χ0) is 10.9. The van der Waals surface area contributed by atoms with Gasteiger partial charge in [0.25, 0.3) is 6.43 Å². The molecule has 0 aliphatic carbocycles. The summed E-state index contributed by atoms with van der Waals surface area (Å²) in [5.74, 6) is 0. The summed E-state index contributed by atoms with van der Waals surface area (Å²) in [6, 6.07) is 1.10. The van der Waals surface area contributed by atoms with Crippen molar-refractivity contribution in [1.82, 2.24) is 4.98 Å². The number of aromatic nitrogens is 1. The number of alkyl halides is 2. The molecule has 0 saturated heterocycles. The van der Waals surface area contributed by atoms with Gasteiger partial charge in [0, 0.05) is 6.07 Å². The predicted molar refractivity (Wildman–Crippen MR) is 48.0 cm³/mol. The number of hydrogen-bond acceptors (Lipinski definition) is 4. The van der Waals surface area contributed by atoms with E-state index in [1.807, 2.05) is 0 Å². The second-order valence-electron chi connectivity index (χ2n) is 2.33. The highest BCUT2D eigenvalue weighted by molar-refractivity contribution is 9.10.